The van der Waals surface area contributed by atoms with Gasteiger partial charge in [0.15, 0.2) is 5.78 Å². The van der Waals surface area contributed by atoms with Crippen molar-refractivity contribution >= 4 is 11.9 Å². The number of benzene rings is 1. The van der Waals surface area contributed by atoms with Crippen molar-refractivity contribution in [3.05, 3.63) is 52.1 Å². The molecule has 0 unspecified atom stereocenters. The summed E-state index contributed by atoms with van der Waals surface area (Å²) in [6.45, 7) is 4.76. The van der Waals surface area contributed by atoms with Crippen LogP contribution in [0.2, 0.25) is 0 Å². The normalized spacial score (nSPS) is 26.8. The molecule has 3 rings (SSSR count). The molecular weight excluding hydrogens is 334 g/mol. The zero-order valence-electron chi connectivity index (χ0n) is 16.8. The number of nitrogens with zero attached hydrogens (tertiary/aromatic N) is 1. The van der Waals surface area contributed by atoms with Gasteiger partial charge in [0.05, 0.1) is 12.6 Å². The van der Waals surface area contributed by atoms with Crippen LogP contribution >= 0.6 is 0 Å². The molecule has 2 atom stereocenters. The maximum atomic E-state index is 12.9. The van der Waals surface area contributed by atoms with Crippen molar-refractivity contribution in [2.75, 3.05) is 20.6 Å². The predicted molar refractivity (Wildman–Crippen MR) is 110 cm³/mol. The molecule has 0 radical (unpaired) electrons. The Labute approximate surface area is 162 Å². The van der Waals surface area contributed by atoms with Gasteiger partial charge in [-0.25, -0.2) is 0 Å². The molecular formula is C24H29NO2. The Morgan fingerprint density at radius 1 is 1.30 bits per heavy atom. The first-order chi connectivity index (χ1) is 12.8. The van der Waals surface area contributed by atoms with Crippen LogP contribution in [0.25, 0.3) is 6.08 Å². The van der Waals surface area contributed by atoms with E-state index in [2.05, 4.69) is 18.8 Å². The second-order valence-electron chi connectivity index (χ2n) is 8.27. The number of ketones is 1. The first-order valence-corrected chi connectivity index (χ1v) is 9.68. The van der Waals surface area contributed by atoms with Crippen molar-refractivity contribution in [3.63, 3.8) is 0 Å². The summed E-state index contributed by atoms with van der Waals surface area (Å²) >= 11 is 0. The van der Waals surface area contributed by atoms with Crippen molar-refractivity contribution in [1.29, 1.82) is 0 Å². The zero-order chi connectivity index (χ0) is 19.6. The van der Waals surface area contributed by atoms with E-state index in [4.69, 9.17) is 0 Å². The van der Waals surface area contributed by atoms with E-state index in [0.29, 0.717) is 6.42 Å². The van der Waals surface area contributed by atoms with E-state index in [1.807, 2.05) is 56.3 Å². The number of hydrogen-bond donors (Lipinski definition) is 1. The van der Waals surface area contributed by atoms with Gasteiger partial charge in [-0.3, -0.25) is 9.69 Å². The van der Waals surface area contributed by atoms with Crippen LogP contribution in [0.4, 0.5) is 0 Å². The number of hydrogen-bond acceptors (Lipinski definition) is 3. The molecule has 1 saturated carbocycles. The summed E-state index contributed by atoms with van der Waals surface area (Å²) in [4.78, 5) is 14.9. The molecule has 27 heavy (non-hydrogen) atoms. The summed E-state index contributed by atoms with van der Waals surface area (Å²) in [6, 6.07) is 8.00. The van der Waals surface area contributed by atoms with Gasteiger partial charge in [-0.15, -0.1) is 0 Å². The maximum absolute atomic E-state index is 12.9. The molecule has 1 fully saturated rings. The van der Waals surface area contributed by atoms with E-state index in [1.54, 1.807) is 0 Å². The molecule has 2 aliphatic carbocycles. The maximum Gasteiger partial charge on any atom is 0.184 e. The molecule has 0 amide bonds. The lowest BCUT2D eigenvalue weighted by Crippen LogP contribution is -2.42. The van der Waals surface area contributed by atoms with Crippen LogP contribution < -0.4 is 0 Å². The van der Waals surface area contributed by atoms with E-state index in [9.17, 15) is 9.90 Å². The quantitative estimate of drug-likeness (QED) is 0.641. The minimum absolute atomic E-state index is 0.131. The standard InChI is InChI=1S/C24H29NO2/c1-17-21-8-5-9-22(26)24(21,2)16-20(23(17)27)15-19-12-10-18(11-13-19)7-6-14-25(3)4/h10-13,15,22,26H,5,8-9,14,16H2,1-4H3/t22-,24-/m0/s1. The molecule has 2 aliphatic rings. The van der Waals surface area contributed by atoms with Gasteiger partial charge in [-0.2, -0.15) is 0 Å². The second kappa shape index (κ2) is 7.84. The molecule has 0 aromatic heterocycles. The SMILES string of the molecule is CC1=C2CCC[C@H](O)[C@@]2(C)CC(=Cc2ccc(C#CCN(C)C)cc2)C1=O. The fourth-order valence-corrected chi connectivity index (χ4v) is 4.25. The molecule has 3 nitrogen and oxygen atoms in total. The van der Waals surface area contributed by atoms with Crippen LogP contribution in [0.1, 0.15) is 50.7 Å². The fraction of sp³-hybridized carbons (Fsp3) is 0.458. The average molecular weight is 364 g/mol. The van der Waals surface area contributed by atoms with Crippen molar-refractivity contribution in [1.82, 2.24) is 4.90 Å². The Hall–Kier alpha value is -2.15. The largest absolute Gasteiger partial charge is 0.392 e. The minimum Gasteiger partial charge on any atom is -0.392 e. The van der Waals surface area contributed by atoms with E-state index in [-0.39, 0.29) is 17.3 Å². The highest BCUT2D eigenvalue weighted by Gasteiger charge is 2.45. The number of carbonyl (C=O) groups is 1. The first-order valence-electron chi connectivity index (χ1n) is 9.68. The number of Topliss-reactive ketones (excluding diaryl/α,β-unsaturated/α-hetero) is 1. The third kappa shape index (κ3) is 4.08. The van der Waals surface area contributed by atoms with E-state index in [0.717, 1.165) is 53.7 Å². The van der Waals surface area contributed by atoms with Gasteiger partial charge in [0.2, 0.25) is 0 Å². The van der Waals surface area contributed by atoms with Gasteiger partial charge in [-0.1, -0.05) is 36.5 Å². The number of aliphatic hydroxyl groups is 1. The van der Waals surface area contributed by atoms with Gasteiger partial charge in [0, 0.05) is 16.6 Å². The number of carbonyl (C=O) groups excluding carboxylic acids is 1. The van der Waals surface area contributed by atoms with E-state index < -0.39 is 0 Å². The van der Waals surface area contributed by atoms with Gasteiger partial charge in [0.1, 0.15) is 0 Å². The molecule has 0 spiro atoms. The second-order valence-corrected chi connectivity index (χ2v) is 8.27. The van der Waals surface area contributed by atoms with Crippen molar-refractivity contribution in [2.45, 2.75) is 45.6 Å². The summed E-state index contributed by atoms with van der Waals surface area (Å²) in [7, 11) is 3.99. The van der Waals surface area contributed by atoms with Crippen LogP contribution in [-0.2, 0) is 4.79 Å². The van der Waals surface area contributed by atoms with Crippen LogP contribution in [0.5, 0.6) is 0 Å². The summed E-state index contributed by atoms with van der Waals surface area (Å²) < 4.78 is 0. The van der Waals surface area contributed by atoms with Gasteiger partial charge >= 0.3 is 0 Å². The van der Waals surface area contributed by atoms with E-state index >= 15 is 0 Å². The van der Waals surface area contributed by atoms with Crippen molar-refractivity contribution in [2.24, 2.45) is 5.41 Å². The Balaban J connectivity index is 1.85. The summed E-state index contributed by atoms with van der Waals surface area (Å²) in [5, 5.41) is 10.6. The van der Waals surface area contributed by atoms with Crippen LogP contribution in [0.15, 0.2) is 41.0 Å². The van der Waals surface area contributed by atoms with Gasteiger partial charge in [0.25, 0.3) is 0 Å². The number of allylic oxidation sites excluding steroid dienone is 2. The lowest BCUT2D eigenvalue weighted by atomic mass is 9.61. The van der Waals surface area contributed by atoms with Gasteiger partial charge in [-0.05, 0) is 76.0 Å². The Kier molecular flexibility index (Phi) is 5.69. The summed E-state index contributed by atoms with van der Waals surface area (Å²) in [6.07, 6.45) is 4.93. The highest BCUT2D eigenvalue weighted by Crippen LogP contribution is 2.50. The first kappa shape index (κ1) is 19.6. The molecule has 1 aromatic rings. The number of rotatable bonds is 2. The molecule has 1 aromatic carbocycles. The van der Waals surface area contributed by atoms with Gasteiger partial charge < -0.3 is 5.11 Å². The van der Waals surface area contributed by atoms with Crippen molar-refractivity contribution < 1.29 is 9.90 Å². The van der Waals surface area contributed by atoms with Crippen LogP contribution in [-0.4, -0.2) is 42.5 Å². The molecule has 1 N–H and O–H groups in total. The Morgan fingerprint density at radius 3 is 2.67 bits per heavy atom. The number of aliphatic hydroxyl groups excluding tert-OH is 1. The van der Waals surface area contributed by atoms with Crippen LogP contribution in [0, 0.1) is 17.3 Å². The summed E-state index contributed by atoms with van der Waals surface area (Å²) in [5.74, 6) is 6.41. The number of fused-ring (bicyclic) bond motifs is 1. The monoisotopic (exact) mass is 363 g/mol. The molecule has 0 saturated heterocycles. The Morgan fingerprint density at radius 2 is 2.00 bits per heavy atom. The van der Waals surface area contributed by atoms with Crippen LogP contribution in [0.3, 0.4) is 0 Å². The van der Waals surface area contributed by atoms with Crippen molar-refractivity contribution in [3.8, 4) is 11.8 Å². The molecule has 0 aliphatic heterocycles. The highest BCUT2D eigenvalue weighted by molar-refractivity contribution is 6.12. The lowest BCUT2D eigenvalue weighted by molar-refractivity contribution is -0.113. The lowest BCUT2D eigenvalue weighted by Gasteiger charge is -2.45. The third-order valence-electron chi connectivity index (χ3n) is 5.85. The minimum atomic E-state index is -0.373. The highest BCUT2D eigenvalue weighted by atomic mass is 16.3. The molecule has 0 heterocycles. The molecule has 3 heteroatoms. The average Bonchev–Trinajstić information content (AvgIpc) is 2.62. The topological polar surface area (TPSA) is 40.5 Å². The fourth-order valence-electron chi connectivity index (χ4n) is 4.25. The molecule has 142 valence electrons. The summed E-state index contributed by atoms with van der Waals surface area (Å²) in [5.41, 5.74) is 4.46. The predicted octanol–water partition coefficient (Wildman–Crippen LogP) is 3.82. The smallest absolute Gasteiger partial charge is 0.184 e. The van der Waals surface area contributed by atoms with E-state index in [1.165, 1.54) is 0 Å². The third-order valence-corrected chi connectivity index (χ3v) is 5.85. The molecule has 0 bridgehead atoms. The zero-order valence-corrected chi connectivity index (χ0v) is 16.8. The Bertz CT molecular complexity index is 849.